The van der Waals surface area contributed by atoms with Crippen LogP contribution in [0.15, 0.2) is 40.6 Å². The van der Waals surface area contributed by atoms with Crippen LogP contribution in [0.25, 0.3) is 0 Å². The number of hydrogen-bond donors (Lipinski definition) is 1. The third kappa shape index (κ3) is 2.47. The quantitative estimate of drug-likeness (QED) is 0.940. The van der Waals surface area contributed by atoms with Crippen molar-refractivity contribution in [1.29, 1.82) is 0 Å². The molecular weight excluding hydrogens is 304 g/mol. The summed E-state index contributed by atoms with van der Waals surface area (Å²) >= 11 is 1.32. The van der Waals surface area contributed by atoms with Gasteiger partial charge >= 0.3 is 0 Å². The van der Waals surface area contributed by atoms with E-state index in [0.717, 1.165) is 22.5 Å². The number of nitrogens with zero attached hydrogens (tertiary/aromatic N) is 1. The lowest BCUT2D eigenvalue weighted by molar-refractivity contribution is 0.586. The summed E-state index contributed by atoms with van der Waals surface area (Å²) in [4.78, 5) is 1.01. The fraction of sp³-hybridized carbons (Fsp3) is 0.333. The Balaban J connectivity index is 2.01. The van der Waals surface area contributed by atoms with Gasteiger partial charge in [0.1, 0.15) is 4.21 Å². The van der Waals surface area contributed by atoms with Crippen LogP contribution in [0.3, 0.4) is 0 Å². The molecule has 1 atom stereocenters. The van der Waals surface area contributed by atoms with Gasteiger partial charge in [-0.05, 0) is 50.1 Å². The van der Waals surface area contributed by atoms with E-state index in [1.807, 2.05) is 37.3 Å². The molecule has 0 bridgehead atoms. The normalized spacial score (nSPS) is 18.0. The molecule has 3 rings (SSSR count). The molecule has 2 aromatic rings. The molecule has 2 heterocycles. The van der Waals surface area contributed by atoms with Crippen molar-refractivity contribution in [3.63, 3.8) is 0 Å². The van der Waals surface area contributed by atoms with E-state index in [4.69, 9.17) is 5.73 Å². The average Bonchev–Trinajstić information content (AvgIpc) is 3.02. The van der Waals surface area contributed by atoms with E-state index in [2.05, 4.69) is 0 Å². The Morgan fingerprint density at radius 1 is 1.29 bits per heavy atom. The molecule has 1 aliphatic rings. The number of para-hydroxylation sites is 1. The minimum Gasteiger partial charge on any atom is -0.330 e. The summed E-state index contributed by atoms with van der Waals surface area (Å²) in [5, 5.41) is 0. The second-order valence-corrected chi connectivity index (χ2v) is 8.45. The molecule has 0 aliphatic carbocycles. The van der Waals surface area contributed by atoms with Gasteiger partial charge in [0.25, 0.3) is 10.0 Å². The van der Waals surface area contributed by atoms with Crippen LogP contribution in [0.1, 0.15) is 17.4 Å². The van der Waals surface area contributed by atoms with Crippen LogP contribution in [-0.2, 0) is 22.9 Å². The highest BCUT2D eigenvalue weighted by atomic mass is 32.2. The van der Waals surface area contributed by atoms with Gasteiger partial charge in [0.2, 0.25) is 0 Å². The Kier molecular flexibility index (Phi) is 3.77. The molecule has 1 aromatic heterocycles. The summed E-state index contributed by atoms with van der Waals surface area (Å²) in [5.74, 6) is 0. The summed E-state index contributed by atoms with van der Waals surface area (Å²) in [6, 6.07) is 11.2. The lowest BCUT2D eigenvalue weighted by atomic mass is 10.1. The van der Waals surface area contributed by atoms with Gasteiger partial charge in [-0.2, -0.15) is 0 Å². The zero-order chi connectivity index (χ0) is 15.0. The molecule has 0 radical (unpaired) electrons. The zero-order valence-electron chi connectivity index (χ0n) is 11.8. The molecule has 1 aliphatic heterocycles. The smallest absolute Gasteiger partial charge is 0.274 e. The first kappa shape index (κ1) is 14.6. The summed E-state index contributed by atoms with van der Waals surface area (Å²) < 4.78 is 27.8. The summed E-state index contributed by atoms with van der Waals surface area (Å²) in [6.07, 6.45) is 1.47. The molecule has 21 heavy (non-hydrogen) atoms. The largest absolute Gasteiger partial charge is 0.330 e. The van der Waals surface area contributed by atoms with Crippen LogP contribution in [0, 0.1) is 0 Å². The van der Waals surface area contributed by atoms with Crippen molar-refractivity contribution in [2.45, 2.75) is 30.0 Å². The minimum absolute atomic E-state index is 0.0486. The molecule has 6 heteroatoms. The second kappa shape index (κ2) is 5.44. The number of fused-ring (bicyclic) bond motifs is 1. The fourth-order valence-corrected chi connectivity index (χ4v) is 5.93. The molecule has 4 nitrogen and oxygen atoms in total. The topological polar surface area (TPSA) is 63.4 Å². The Bertz CT molecular complexity index is 753. The molecule has 0 saturated carbocycles. The first-order chi connectivity index (χ1) is 10.0. The maximum Gasteiger partial charge on any atom is 0.274 e. The molecule has 0 spiro atoms. The summed E-state index contributed by atoms with van der Waals surface area (Å²) in [6.45, 7) is 2.48. The number of hydrogen-bond acceptors (Lipinski definition) is 4. The Hall–Kier alpha value is -1.37. The molecule has 0 fully saturated rings. The predicted octanol–water partition coefficient (Wildman–Crippen LogP) is 2.39. The maximum atomic E-state index is 12.9. The van der Waals surface area contributed by atoms with Crippen LogP contribution in [0.5, 0.6) is 0 Å². The van der Waals surface area contributed by atoms with Gasteiger partial charge < -0.3 is 5.73 Å². The highest BCUT2D eigenvalue weighted by molar-refractivity contribution is 7.94. The lowest BCUT2D eigenvalue weighted by Crippen LogP contribution is -2.35. The van der Waals surface area contributed by atoms with Crippen molar-refractivity contribution >= 4 is 27.0 Å². The van der Waals surface area contributed by atoms with E-state index in [1.165, 1.54) is 11.3 Å². The molecular formula is C15H18N2O2S2. The monoisotopic (exact) mass is 322 g/mol. The lowest BCUT2D eigenvalue weighted by Gasteiger charge is -2.23. The second-order valence-electron chi connectivity index (χ2n) is 5.24. The maximum absolute atomic E-state index is 12.9. The average molecular weight is 322 g/mol. The number of anilines is 1. The fourth-order valence-electron chi connectivity index (χ4n) is 2.77. The van der Waals surface area contributed by atoms with Crippen molar-refractivity contribution < 1.29 is 8.42 Å². The van der Waals surface area contributed by atoms with Crippen LogP contribution in [0.2, 0.25) is 0 Å². The number of rotatable bonds is 4. The summed E-state index contributed by atoms with van der Waals surface area (Å²) in [5.41, 5.74) is 7.43. The van der Waals surface area contributed by atoms with Gasteiger partial charge in [-0.15, -0.1) is 11.3 Å². The minimum atomic E-state index is -3.49. The van der Waals surface area contributed by atoms with E-state index < -0.39 is 10.0 Å². The van der Waals surface area contributed by atoms with Crippen molar-refractivity contribution in [3.8, 4) is 0 Å². The van der Waals surface area contributed by atoms with Gasteiger partial charge in [-0.1, -0.05) is 18.2 Å². The van der Waals surface area contributed by atoms with E-state index in [1.54, 1.807) is 10.4 Å². The number of sulfonamides is 1. The van der Waals surface area contributed by atoms with E-state index in [0.29, 0.717) is 17.2 Å². The van der Waals surface area contributed by atoms with Crippen molar-refractivity contribution in [2.24, 2.45) is 5.73 Å². The first-order valence-corrected chi connectivity index (χ1v) is 9.21. The van der Waals surface area contributed by atoms with Crippen LogP contribution in [0.4, 0.5) is 5.69 Å². The molecule has 1 unspecified atom stereocenters. The molecule has 112 valence electrons. The van der Waals surface area contributed by atoms with Crippen LogP contribution < -0.4 is 10.0 Å². The summed E-state index contributed by atoms with van der Waals surface area (Å²) in [7, 11) is -3.49. The van der Waals surface area contributed by atoms with Gasteiger partial charge in [0.15, 0.2) is 0 Å². The van der Waals surface area contributed by atoms with Gasteiger partial charge in [0, 0.05) is 10.9 Å². The first-order valence-electron chi connectivity index (χ1n) is 6.95. The Morgan fingerprint density at radius 3 is 2.81 bits per heavy atom. The zero-order valence-corrected chi connectivity index (χ0v) is 13.5. The number of thiophene rings is 1. The predicted molar refractivity (Wildman–Crippen MR) is 86.4 cm³/mol. The molecule has 0 saturated heterocycles. The van der Waals surface area contributed by atoms with Crippen LogP contribution >= 0.6 is 11.3 Å². The van der Waals surface area contributed by atoms with Crippen LogP contribution in [-0.4, -0.2) is 21.0 Å². The van der Waals surface area contributed by atoms with Gasteiger partial charge in [-0.3, -0.25) is 4.31 Å². The highest BCUT2D eigenvalue weighted by Crippen LogP contribution is 2.38. The number of nitrogens with two attached hydrogens (primary N) is 1. The standard InChI is InChI=1S/C15H18N2O2S2/c1-11-10-12-4-2-3-5-14(12)17(11)21(18,19)15-7-6-13(20-15)8-9-16/h2-7,11H,8-10,16H2,1H3. The third-order valence-electron chi connectivity index (χ3n) is 3.69. The van der Waals surface area contributed by atoms with E-state index >= 15 is 0 Å². The third-order valence-corrected chi connectivity index (χ3v) is 7.23. The van der Waals surface area contributed by atoms with E-state index in [-0.39, 0.29) is 6.04 Å². The van der Waals surface area contributed by atoms with Crippen molar-refractivity contribution in [1.82, 2.24) is 0 Å². The van der Waals surface area contributed by atoms with E-state index in [9.17, 15) is 8.42 Å². The number of benzene rings is 1. The highest BCUT2D eigenvalue weighted by Gasteiger charge is 2.36. The molecule has 0 amide bonds. The van der Waals surface area contributed by atoms with Crippen molar-refractivity contribution in [2.75, 3.05) is 10.8 Å². The molecule has 2 N–H and O–H groups in total. The van der Waals surface area contributed by atoms with Crippen molar-refractivity contribution in [3.05, 3.63) is 46.8 Å². The molecule has 1 aromatic carbocycles. The van der Waals surface area contributed by atoms with Gasteiger partial charge in [0.05, 0.1) is 5.69 Å². The SMILES string of the molecule is CC1Cc2ccccc2N1S(=O)(=O)c1ccc(CCN)s1. The van der Waals surface area contributed by atoms with Gasteiger partial charge in [-0.25, -0.2) is 8.42 Å². The Morgan fingerprint density at radius 2 is 2.05 bits per heavy atom. The Labute approximate surface area is 129 Å².